The van der Waals surface area contributed by atoms with Crippen LogP contribution < -0.4 is 66.6 Å². The Morgan fingerprint density at radius 2 is 1.17 bits per heavy atom. The molecule has 2 aromatic heterocycles. The molecule has 0 saturated carbocycles. The molecule has 0 aliphatic carbocycles. The number of unbranched alkanes of at least 4 members (excludes halogenated alkanes) is 2. The summed E-state index contributed by atoms with van der Waals surface area (Å²) in [7, 11) is 3.40. The molecule has 0 bridgehead atoms. The number of hydrogen-bond donors (Lipinski definition) is 0. The van der Waals surface area contributed by atoms with Gasteiger partial charge in [0.1, 0.15) is 13.1 Å². The molecule has 2 aromatic rings. The first-order chi connectivity index (χ1) is 10.3. The normalized spacial score (nSPS) is 9.48. The first-order valence-electron chi connectivity index (χ1n) is 7.38. The van der Waals surface area contributed by atoms with Gasteiger partial charge in [0.05, 0.1) is 14.2 Å². The summed E-state index contributed by atoms with van der Waals surface area (Å²) in [6, 6.07) is 7.97. The Balaban J connectivity index is 0.00000242. The summed E-state index contributed by atoms with van der Waals surface area (Å²) in [6.07, 6.45) is 11.8. The number of ether oxygens (including phenoxy) is 2. The third-order valence-corrected chi connectivity index (χ3v) is 3.47. The molecule has 6 heteroatoms. The lowest BCUT2D eigenvalue weighted by Gasteiger charge is -2.01. The van der Waals surface area contributed by atoms with Crippen LogP contribution in [0.15, 0.2) is 49.1 Å². The lowest BCUT2D eigenvalue weighted by Crippen LogP contribution is -3.00. The maximum absolute atomic E-state index is 5.23. The quantitative estimate of drug-likeness (QED) is 0.194. The van der Waals surface area contributed by atoms with Gasteiger partial charge < -0.3 is 57.4 Å². The Hall–Kier alpha value is -0.640. The molecule has 0 radical (unpaired) electrons. The molecule has 0 aromatic carbocycles. The van der Waals surface area contributed by atoms with Crippen molar-refractivity contribution in [3.63, 3.8) is 0 Å². The van der Waals surface area contributed by atoms with Crippen LogP contribution in [0.4, 0.5) is 0 Å². The minimum absolute atomic E-state index is 0. The molecule has 2 rings (SSSR count). The molecule has 128 valence electrons. The van der Waals surface area contributed by atoms with Gasteiger partial charge in [0, 0.05) is 25.0 Å². The second-order valence-corrected chi connectivity index (χ2v) is 5.02. The standard InChI is InChI=1S/C17H24N2O2.2HI/c1-20-16-8-6-12-18(14-16)10-4-3-5-11-19-13-7-9-17(15-19)21-2;;/h6-9,12-15H,3-5,10-11H2,1-2H3;2*1H/q+2;;/p-2. The van der Waals surface area contributed by atoms with E-state index in [4.69, 9.17) is 9.47 Å². The minimum Gasteiger partial charge on any atom is -1.00 e. The van der Waals surface area contributed by atoms with Crippen molar-refractivity contribution in [3.8, 4) is 11.5 Å². The van der Waals surface area contributed by atoms with E-state index in [2.05, 4.69) is 21.5 Å². The summed E-state index contributed by atoms with van der Waals surface area (Å²) >= 11 is 0. The van der Waals surface area contributed by atoms with E-state index in [1.807, 2.05) is 36.7 Å². The van der Waals surface area contributed by atoms with Crippen molar-refractivity contribution in [1.82, 2.24) is 0 Å². The fourth-order valence-electron chi connectivity index (χ4n) is 2.28. The summed E-state index contributed by atoms with van der Waals surface area (Å²) in [4.78, 5) is 0. The molecule has 0 spiro atoms. The highest BCUT2D eigenvalue weighted by Crippen LogP contribution is 2.05. The summed E-state index contributed by atoms with van der Waals surface area (Å²) in [5, 5.41) is 0. The van der Waals surface area contributed by atoms with E-state index in [0.717, 1.165) is 24.6 Å². The lowest BCUT2D eigenvalue weighted by atomic mass is 10.2. The largest absolute Gasteiger partial charge is 1.00 e. The Bertz CT molecular complexity index is 518. The van der Waals surface area contributed by atoms with Gasteiger partial charge in [0.2, 0.25) is 12.4 Å². The summed E-state index contributed by atoms with van der Waals surface area (Å²) in [5.74, 6) is 1.81. The number of aromatic nitrogens is 2. The van der Waals surface area contributed by atoms with Crippen LogP contribution in [0.25, 0.3) is 0 Å². The van der Waals surface area contributed by atoms with Crippen LogP contribution in [0.2, 0.25) is 0 Å². The minimum atomic E-state index is 0. The van der Waals surface area contributed by atoms with E-state index in [0.29, 0.717) is 0 Å². The number of rotatable bonds is 8. The fraction of sp³-hybridized carbons (Fsp3) is 0.412. The molecule has 0 aliphatic rings. The van der Waals surface area contributed by atoms with Crippen molar-refractivity contribution >= 4 is 0 Å². The van der Waals surface area contributed by atoms with Crippen LogP contribution in [0.3, 0.4) is 0 Å². The highest BCUT2D eigenvalue weighted by atomic mass is 127. The maximum Gasteiger partial charge on any atom is 0.211 e. The number of halogens is 2. The molecular weight excluding hydrogens is 518 g/mol. The van der Waals surface area contributed by atoms with E-state index >= 15 is 0 Å². The smallest absolute Gasteiger partial charge is 0.211 e. The maximum atomic E-state index is 5.23. The predicted molar refractivity (Wildman–Crippen MR) is 80.2 cm³/mol. The van der Waals surface area contributed by atoms with Gasteiger partial charge in [-0.15, -0.1) is 0 Å². The zero-order valence-corrected chi connectivity index (χ0v) is 17.9. The van der Waals surface area contributed by atoms with Gasteiger partial charge in [0.25, 0.3) is 0 Å². The summed E-state index contributed by atoms with van der Waals surface area (Å²) in [6.45, 7) is 2.06. The summed E-state index contributed by atoms with van der Waals surface area (Å²) in [5.41, 5.74) is 0. The van der Waals surface area contributed by atoms with Gasteiger partial charge >= 0.3 is 0 Å². The second kappa shape index (κ2) is 12.7. The number of nitrogens with zero attached hydrogens (tertiary/aromatic N) is 2. The van der Waals surface area contributed by atoms with Crippen molar-refractivity contribution in [2.24, 2.45) is 0 Å². The molecule has 0 saturated heterocycles. The monoisotopic (exact) mass is 542 g/mol. The van der Waals surface area contributed by atoms with Gasteiger partial charge in [-0.2, -0.15) is 0 Å². The Labute approximate surface area is 172 Å². The van der Waals surface area contributed by atoms with Crippen LogP contribution in [0.1, 0.15) is 19.3 Å². The number of pyridine rings is 2. The molecule has 0 atom stereocenters. The zero-order chi connectivity index (χ0) is 14.9. The molecule has 0 fully saturated rings. The molecular formula is C17H24I2N2O2. The van der Waals surface area contributed by atoms with E-state index in [-0.39, 0.29) is 48.0 Å². The van der Waals surface area contributed by atoms with E-state index in [1.165, 1.54) is 19.3 Å². The molecule has 23 heavy (non-hydrogen) atoms. The van der Waals surface area contributed by atoms with Gasteiger partial charge in [-0.1, -0.05) is 0 Å². The molecule has 0 aliphatic heterocycles. The van der Waals surface area contributed by atoms with Gasteiger partial charge in [-0.25, -0.2) is 9.13 Å². The van der Waals surface area contributed by atoms with E-state index in [9.17, 15) is 0 Å². The number of hydrogen-bond acceptors (Lipinski definition) is 2. The Morgan fingerprint density at radius 1 is 0.739 bits per heavy atom. The van der Waals surface area contributed by atoms with Crippen molar-refractivity contribution in [2.75, 3.05) is 14.2 Å². The highest BCUT2D eigenvalue weighted by molar-refractivity contribution is 5.12. The van der Waals surface area contributed by atoms with Crippen LogP contribution in [0.5, 0.6) is 11.5 Å². The number of methoxy groups -OCH3 is 2. The topological polar surface area (TPSA) is 26.2 Å². The fourth-order valence-corrected chi connectivity index (χ4v) is 2.28. The van der Waals surface area contributed by atoms with E-state index < -0.39 is 0 Å². The highest BCUT2D eigenvalue weighted by Gasteiger charge is 2.05. The van der Waals surface area contributed by atoms with Crippen LogP contribution in [-0.4, -0.2) is 14.2 Å². The molecule has 4 nitrogen and oxygen atoms in total. The average molecular weight is 542 g/mol. The summed E-state index contributed by atoms with van der Waals surface area (Å²) < 4.78 is 14.8. The van der Waals surface area contributed by atoms with Crippen molar-refractivity contribution in [1.29, 1.82) is 0 Å². The van der Waals surface area contributed by atoms with Crippen LogP contribution >= 0.6 is 0 Å². The third-order valence-electron chi connectivity index (χ3n) is 3.47. The van der Waals surface area contributed by atoms with Gasteiger partial charge in [-0.3, -0.25) is 0 Å². The second-order valence-electron chi connectivity index (χ2n) is 5.02. The van der Waals surface area contributed by atoms with Crippen molar-refractivity contribution < 1.29 is 66.6 Å². The zero-order valence-electron chi connectivity index (χ0n) is 13.6. The van der Waals surface area contributed by atoms with Gasteiger partial charge in [-0.05, 0) is 18.6 Å². The Morgan fingerprint density at radius 3 is 1.57 bits per heavy atom. The number of aryl methyl sites for hydroxylation is 2. The van der Waals surface area contributed by atoms with E-state index in [1.54, 1.807) is 14.2 Å². The Kier molecular flexibility index (Phi) is 12.4. The molecule has 0 amide bonds. The molecule has 0 unspecified atom stereocenters. The molecule has 0 N–H and O–H groups in total. The first-order valence-corrected chi connectivity index (χ1v) is 7.38. The van der Waals surface area contributed by atoms with Gasteiger partial charge in [0.15, 0.2) is 23.9 Å². The average Bonchev–Trinajstić information content (AvgIpc) is 2.55. The van der Waals surface area contributed by atoms with Crippen LogP contribution in [-0.2, 0) is 13.1 Å². The van der Waals surface area contributed by atoms with Crippen LogP contribution in [0, 0.1) is 0 Å². The molecule has 2 heterocycles. The predicted octanol–water partition coefficient (Wildman–Crippen LogP) is -3.84. The first kappa shape index (κ1) is 22.4. The SMILES string of the molecule is COc1ccc[n+](CCCCC[n+]2cccc(OC)c2)c1.[I-].[I-]. The lowest BCUT2D eigenvalue weighted by molar-refractivity contribution is -0.701. The van der Waals surface area contributed by atoms with Crippen molar-refractivity contribution in [3.05, 3.63) is 49.1 Å². The third kappa shape index (κ3) is 8.14. The van der Waals surface area contributed by atoms with Crippen molar-refractivity contribution in [2.45, 2.75) is 32.4 Å².